The van der Waals surface area contributed by atoms with E-state index in [4.69, 9.17) is 0 Å². The van der Waals surface area contributed by atoms with Gasteiger partial charge in [0.05, 0.1) is 10.6 Å². The predicted octanol–water partition coefficient (Wildman–Crippen LogP) is 3.09. The minimum atomic E-state index is -1.32. The number of hydrogen-bond acceptors (Lipinski definition) is 3. The lowest BCUT2D eigenvalue weighted by Gasteiger charge is -2.00. The molecule has 1 aliphatic rings. The van der Waals surface area contributed by atoms with E-state index in [1.54, 1.807) is 18.2 Å². The van der Waals surface area contributed by atoms with E-state index in [9.17, 15) is 9.00 Å². The molecule has 4 heteroatoms. The largest absolute Gasteiger partial charge is 0.295 e. The van der Waals surface area contributed by atoms with Crippen molar-refractivity contribution in [3.05, 3.63) is 59.7 Å². The molecule has 0 amide bonds. The molecule has 0 bridgehead atoms. The molecule has 3 rings (SSSR count). The molecule has 1 heterocycles. The fourth-order valence-corrected chi connectivity index (χ4v) is 3.26. The molecule has 2 aromatic rings. The molecular weight excluding hydrogens is 258 g/mol. The topological polar surface area (TPSA) is 46.5 Å². The average molecular weight is 269 g/mol. The maximum Gasteiger partial charge on any atom is 0.159 e. The molecule has 94 valence electrons. The van der Waals surface area contributed by atoms with Gasteiger partial charge in [0.15, 0.2) is 5.78 Å². The number of ketones is 1. The predicted molar refractivity (Wildman–Crippen MR) is 75.5 cm³/mol. The third-order valence-corrected chi connectivity index (χ3v) is 4.39. The Balaban J connectivity index is 2.07. The Labute approximate surface area is 113 Å². The minimum Gasteiger partial charge on any atom is -0.295 e. The Morgan fingerprint density at radius 3 is 2.53 bits per heavy atom. The van der Waals surface area contributed by atoms with Crippen molar-refractivity contribution < 1.29 is 9.00 Å². The van der Waals surface area contributed by atoms with E-state index >= 15 is 0 Å². The summed E-state index contributed by atoms with van der Waals surface area (Å²) in [5.41, 5.74) is 2.10. The van der Waals surface area contributed by atoms with Crippen molar-refractivity contribution in [1.82, 2.24) is 0 Å². The van der Waals surface area contributed by atoms with Crippen LogP contribution in [0.15, 0.2) is 58.4 Å². The van der Waals surface area contributed by atoms with Crippen LogP contribution in [0, 0.1) is 0 Å². The van der Waals surface area contributed by atoms with Crippen molar-refractivity contribution in [2.24, 2.45) is 4.99 Å². The van der Waals surface area contributed by atoms with E-state index in [-0.39, 0.29) is 5.78 Å². The Bertz CT molecular complexity index is 720. The van der Waals surface area contributed by atoms with Crippen LogP contribution < -0.4 is 0 Å². The number of fused-ring (bicyclic) bond motifs is 1. The number of rotatable bonds is 2. The van der Waals surface area contributed by atoms with E-state index < -0.39 is 10.8 Å². The summed E-state index contributed by atoms with van der Waals surface area (Å²) in [4.78, 5) is 16.4. The summed E-state index contributed by atoms with van der Waals surface area (Å²) in [6.45, 7) is 1.50. The van der Waals surface area contributed by atoms with Crippen molar-refractivity contribution in [1.29, 1.82) is 0 Å². The van der Waals surface area contributed by atoms with Crippen LogP contribution in [-0.4, -0.2) is 15.0 Å². The van der Waals surface area contributed by atoms with Crippen molar-refractivity contribution in [2.75, 3.05) is 0 Å². The summed E-state index contributed by atoms with van der Waals surface area (Å²) in [6, 6.07) is 14.6. The third-order valence-electron chi connectivity index (χ3n) is 2.98. The quantitative estimate of drug-likeness (QED) is 0.786. The number of nitrogens with zero attached hydrogens (tertiary/aromatic N) is 1. The molecule has 0 aliphatic carbocycles. The molecular formula is C15H11NO2S. The first-order valence-corrected chi connectivity index (χ1v) is 7.02. The highest BCUT2D eigenvalue weighted by Crippen LogP contribution is 2.33. The van der Waals surface area contributed by atoms with Gasteiger partial charge in [-0.25, -0.2) is 9.20 Å². The van der Waals surface area contributed by atoms with Gasteiger partial charge >= 0.3 is 0 Å². The summed E-state index contributed by atoms with van der Waals surface area (Å²) in [7, 11) is -1.32. The Hall–Kier alpha value is -2.07. The zero-order valence-electron chi connectivity index (χ0n) is 10.3. The lowest BCUT2D eigenvalue weighted by Crippen LogP contribution is -2.05. The van der Waals surface area contributed by atoms with Crippen molar-refractivity contribution in [2.45, 2.75) is 11.8 Å². The van der Waals surface area contributed by atoms with Gasteiger partial charge in [0.2, 0.25) is 0 Å². The Kier molecular flexibility index (Phi) is 2.87. The normalized spacial score (nSPS) is 16.9. The van der Waals surface area contributed by atoms with Crippen LogP contribution >= 0.6 is 0 Å². The number of carbonyl (C=O) groups excluding carboxylic acids is 1. The third kappa shape index (κ3) is 2.04. The molecule has 0 radical (unpaired) electrons. The van der Waals surface area contributed by atoms with Gasteiger partial charge in [-0.1, -0.05) is 30.3 Å². The van der Waals surface area contributed by atoms with Gasteiger partial charge in [0.1, 0.15) is 15.8 Å². The van der Waals surface area contributed by atoms with Gasteiger partial charge in [0.25, 0.3) is 0 Å². The van der Waals surface area contributed by atoms with E-state index in [0.717, 1.165) is 5.56 Å². The van der Waals surface area contributed by atoms with Crippen LogP contribution in [0.5, 0.6) is 0 Å². The number of benzene rings is 2. The van der Waals surface area contributed by atoms with Crippen molar-refractivity contribution in [3.63, 3.8) is 0 Å². The number of hydrogen-bond donors (Lipinski definition) is 0. The number of Topliss-reactive ketones (excluding diaryl/α,β-unsaturated/α-hetero) is 1. The zero-order chi connectivity index (χ0) is 13.4. The summed E-state index contributed by atoms with van der Waals surface area (Å²) >= 11 is 0. The molecule has 2 aromatic carbocycles. The summed E-state index contributed by atoms with van der Waals surface area (Å²) in [5, 5.41) is 0.552. The van der Waals surface area contributed by atoms with Gasteiger partial charge in [-0.3, -0.25) is 4.79 Å². The fourth-order valence-electron chi connectivity index (χ4n) is 1.98. The van der Waals surface area contributed by atoms with Gasteiger partial charge in [-0.05, 0) is 25.1 Å². The molecule has 1 unspecified atom stereocenters. The second-order valence-electron chi connectivity index (χ2n) is 4.29. The minimum absolute atomic E-state index is 0.0343. The van der Waals surface area contributed by atoms with Gasteiger partial charge in [-0.15, -0.1) is 0 Å². The highest BCUT2D eigenvalue weighted by molar-refractivity contribution is 8.01. The molecule has 0 aromatic heterocycles. The fraction of sp³-hybridized carbons (Fsp3) is 0.0667. The summed E-state index contributed by atoms with van der Waals surface area (Å²) in [6.07, 6.45) is 0. The SMILES string of the molecule is CC(=O)c1ccc2c(c1)S(=O)C(c1ccccc1)=N2. The lowest BCUT2D eigenvalue weighted by atomic mass is 10.1. The lowest BCUT2D eigenvalue weighted by molar-refractivity contribution is 0.101. The van der Waals surface area contributed by atoms with Crippen molar-refractivity contribution in [3.8, 4) is 0 Å². The maximum atomic E-state index is 12.4. The standard InChI is InChI=1S/C15H11NO2S/c1-10(17)12-7-8-13-14(9-12)19(18)15(16-13)11-5-3-2-4-6-11/h2-9H,1H3. The number of aliphatic imine (C=N–C) groups is 1. The maximum absolute atomic E-state index is 12.4. The molecule has 0 fully saturated rings. The average Bonchev–Trinajstić information content (AvgIpc) is 2.77. The van der Waals surface area contributed by atoms with Crippen LogP contribution in [0.1, 0.15) is 22.8 Å². The second-order valence-corrected chi connectivity index (χ2v) is 5.65. The molecule has 0 saturated heterocycles. The summed E-state index contributed by atoms with van der Waals surface area (Å²) < 4.78 is 12.4. The van der Waals surface area contributed by atoms with E-state index in [0.29, 0.717) is 21.2 Å². The van der Waals surface area contributed by atoms with Crippen LogP contribution in [0.2, 0.25) is 0 Å². The molecule has 1 aliphatic heterocycles. The first-order chi connectivity index (χ1) is 9.16. The Morgan fingerprint density at radius 2 is 1.84 bits per heavy atom. The molecule has 19 heavy (non-hydrogen) atoms. The highest BCUT2D eigenvalue weighted by atomic mass is 32.2. The van der Waals surface area contributed by atoms with E-state index in [1.165, 1.54) is 6.92 Å². The van der Waals surface area contributed by atoms with E-state index in [1.807, 2.05) is 30.3 Å². The van der Waals surface area contributed by atoms with Gasteiger partial charge < -0.3 is 0 Å². The van der Waals surface area contributed by atoms with Crippen LogP contribution in [0.25, 0.3) is 0 Å². The molecule has 0 saturated carbocycles. The van der Waals surface area contributed by atoms with Gasteiger partial charge in [0, 0.05) is 11.1 Å². The molecule has 3 nitrogen and oxygen atoms in total. The first kappa shape index (κ1) is 12.0. The summed E-state index contributed by atoms with van der Waals surface area (Å²) in [5.74, 6) is -0.0343. The Morgan fingerprint density at radius 1 is 1.11 bits per heavy atom. The molecule has 0 spiro atoms. The van der Waals surface area contributed by atoms with Crippen LogP contribution in [0.4, 0.5) is 5.69 Å². The monoisotopic (exact) mass is 269 g/mol. The first-order valence-electron chi connectivity index (χ1n) is 5.87. The number of carbonyl (C=O) groups is 1. The molecule has 1 atom stereocenters. The van der Waals surface area contributed by atoms with Crippen LogP contribution in [-0.2, 0) is 10.8 Å². The second kappa shape index (κ2) is 4.55. The smallest absolute Gasteiger partial charge is 0.159 e. The highest BCUT2D eigenvalue weighted by Gasteiger charge is 2.25. The zero-order valence-corrected chi connectivity index (χ0v) is 11.1. The van der Waals surface area contributed by atoms with E-state index in [2.05, 4.69) is 4.99 Å². The van der Waals surface area contributed by atoms with Crippen molar-refractivity contribution >= 4 is 27.3 Å². The van der Waals surface area contributed by atoms with Gasteiger partial charge in [-0.2, -0.15) is 0 Å². The van der Waals surface area contributed by atoms with Crippen LogP contribution in [0.3, 0.4) is 0 Å². The molecule has 0 N–H and O–H groups in total.